The van der Waals surface area contributed by atoms with Gasteiger partial charge in [-0.15, -0.1) is 0 Å². The molecule has 0 heterocycles. The second-order valence-electron chi connectivity index (χ2n) is 8.80. The summed E-state index contributed by atoms with van der Waals surface area (Å²) in [7, 11) is 0. The molecular formula is C30H18N4. The zero-order valence-corrected chi connectivity index (χ0v) is 19.3. The molecule has 0 atom stereocenters. The minimum atomic E-state index is 0.0840. The fraction of sp³-hybridized carbons (Fsp3) is 0.133. The molecule has 0 saturated heterocycles. The lowest BCUT2D eigenvalue weighted by Crippen LogP contribution is -1.99. The van der Waals surface area contributed by atoms with Gasteiger partial charge in [0.1, 0.15) is 35.4 Å². The maximum Gasteiger partial charge on any atom is 0.138 e. The number of hydrogen-bond acceptors (Lipinski definition) is 4. The highest BCUT2D eigenvalue weighted by Gasteiger charge is 2.37. The molecule has 0 amide bonds. The normalized spacial score (nSPS) is 11.9. The third-order valence-corrected chi connectivity index (χ3v) is 6.87. The maximum atomic E-state index is 9.82. The van der Waals surface area contributed by atoms with Crippen molar-refractivity contribution in [2.45, 2.75) is 27.7 Å². The van der Waals surface area contributed by atoms with Crippen molar-refractivity contribution in [2.75, 3.05) is 0 Å². The Kier molecular flexibility index (Phi) is 4.51. The van der Waals surface area contributed by atoms with Gasteiger partial charge in [0.05, 0.1) is 0 Å². The van der Waals surface area contributed by atoms with Gasteiger partial charge >= 0.3 is 0 Å². The first-order valence-corrected chi connectivity index (χ1v) is 10.9. The van der Waals surface area contributed by atoms with Crippen LogP contribution in [0.25, 0.3) is 33.4 Å². The summed E-state index contributed by atoms with van der Waals surface area (Å²) in [5.41, 5.74) is 12.8. The van der Waals surface area contributed by atoms with Crippen molar-refractivity contribution in [2.24, 2.45) is 0 Å². The molecule has 0 fully saturated rings. The molecule has 0 spiro atoms. The molecule has 0 bridgehead atoms. The molecule has 0 aromatic heterocycles. The van der Waals surface area contributed by atoms with E-state index in [1.54, 1.807) is 0 Å². The number of aryl methyl sites for hydroxylation is 2. The van der Waals surface area contributed by atoms with E-state index in [-0.39, 0.29) is 11.1 Å². The number of fused-ring (bicyclic) bond motifs is 6. The number of nitriles is 4. The van der Waals surface area contributed by atoms with Crippen LogP contribution in [0.5, 0.6) is 0 Å². The fourth-order valence-corrected chi connectivity index (χ4v) is 5.53. The predicted molar refractivity (Wildman–Crippen MR) is 131 cm³/mol. The molecule has 34 heavy (non-hydrogen) atoms. The van der Waals surface area contributed by atoms with Crippen molar-refractivity contribution in [1.29, 1.82) is 21.0 Å². The lowest BCUT2D eigenvalue weighted by Gasteiger charge is -2.17. The molecule has 2 aliphatic carbocycles. The first-order valence-electron chi connectivity index (χ1n) is 10.9. The quantitative estimate of drug-likeness (QED) is 0.257. The third-order valence-electron chi connectivity index (χ3n) is 6.87. The Morgan fingerprint density at radius 3 is 1.18 bits per heavy atom. The second kappa shape index (κ2) is 7.32. The molecule has 4 nitrogen and oxygen atoms in total. The van der Waals surface area contributed by atoms with E-state index < -0.39 is 0 Å². The van der Waals surface area contributed by atoms with Crippen LogP contribution in [0.3, 0.4) is 0 Å². The number of benzene rings is 3. The summed E-state index contributed by atoms with van der Waals surface area (Å²) >= 11 is 0. The first kappa shape index (κ1) is 21.0. The van der Waals surface area contributed by atoms with Crippen LogP contribution < -0.4 is 0 Å². The number of hydrogen-bond donors (Lipinski definition) is 0. The maximum absolute atomic E-state index is 9.82. The summed E-state index contributed by atoms with van der Waals surface area (Å²) in [6.07, 6.45) is 0. The summed E-state index contributed by atoms with van der Waals surface area (Å²) in [4.78, 5) is 0. The summed E-state index contributed by atoms with van der Waals surface area (Å²) in [6, 6.07) is 20.6. The van der Waals surface area contributed by atoms with E-state index in [0.717, 1.165) is 66.8 Å². The Morgan fingerprint density at radius 1 is 0.500 bits per heavy atom. The summed E-state index contributed by atoms with van der Waals surface area (Å²) in [5.74, 6) is 0. The van der Waals surface area contributed by atoms with E-state index in [2.05, 4.69) is 24.3 Å². The molecule has 2 aliphatic rings. The Bertz CT molecular complexity index is 1560. The lowest BCUT2D eigenvalue weighted by molar-refractivity contribution is 1.36. The zero-order valence-electron chi connectivity index (χ0n) is 19.3. The highest BCUT2D eigenvalue weighted by atomic mass is 14.4. The van der Waals surface area contributed by atoms with Crippen LogP contribution >= 0.6 is 0 Å². The fourth-order valence-electron chi connectivity index (χ4n) is 5.53. The molecule has 3 aromatic carbocycles. The van der Waals surface area contributed by atoms with Crippen molar-refractivity contribution >= 4 is 11.1 Å². The van der Waals surface area contributed by atoms with Gasteiger partial charge in [0.2, 0.25) is 0 Å². The average Bonchev–Trinajstić information content (AvgIpc) is 3.33. The van der Waals surface area contributed by atoms with Crippen LogP contribution in [0.4, 0.5) is 0 Å². The van der Waals surface area contributed by atoms with E-state index in [9.17, 15) is 21.0 Å². The number of allylic oxidation sites excluding steroid dienone is 2. The van der Waals surface area contributed by atoms with Gasteiger partial charge in [0.15, 0.2) is 0 Å². The highest BCUT2D eigenvalue weighted by molar-refractivity contribution is 6.14. The molecule has 0 unspecified atom stereocenters. The summed E-state index contributed by atoms with van der Waals surface area (Å²) in [5, 5.41) is 39.3. The van der Waals surface area contributed by atoms with E-state index >= 15 is 0 Å². The van der Waals surface area contributed by atoms with Gasteiger partial charge in [-0.3, -0.25) is 0 Å². The van der Waals surface area contributed by atoms with Crippen molar-refractivity contribution < 1.29 is 0 Å². The molecule has 4 heteroatoms. The largest absolute Gasteiger partial charge is 0.192 e. The average molecular weight is 435 g/mol. The Hall–Kier alpha value is -4.90. The van der Waals surface area contributed by atoms with E-state index in [1.165, 1.54) is 0 Å². The zero-order chi connectivity index (χ0) is 24.3. The molecule has 0 N–H and O–H groups in total. The predicted octanol–water partition coefficient (Wildman–Crippen LogP) is 6.58. The Morgan fingerprint density at radius 2 is 0.853 bits per heavy atom. The minimum absolute atomic E-state index is 0.0840. The van der Waals surface area contributed by atoms with E-state index in [1.807, 2.05) is 64.1 Å². The summed E-state index contributed by atoms with van der Waals surface area (Å²) in [6.45, 7) is 8.00. The molecule has 158 valence electrons. The topological polar surface area (TPSA) is 95.2 Å². The van der Waals surface area contributed by atoms with Gasteiger partial charge in [-0.1, -0.05) is 47.5 Å². The van der Waals surface area contributed by atoms with Crippen LogP contribution in [0.1, 0.15) is 44.5 Å². The molecule has 0 radical (unpaired) electrons. The molecule has 0 aliphatic heterocycles. The molecule has 3 aromatic rings. The van der Waals surface area contributed by atoms with Crippen LogP contribution in [-0.4, -0.2) is 0 Å². The van der Waals surface area contributed by atoms with Crippen molar-refractivity contribution in [3.05, 3.63) is 92.1 Å². The van der Waals surface area contributed by atoms with Crippen LogP contribution in [0.15, 0.2) is 47.5 Å². The van der Waals surface area contributed by atoms with E-state index in [0.29, 0.717) is 11.1 Å². The van der Waals surface area contributed by atoms with Gasteiger partial charge in [-0.2, -0.15) is 21.0 Å². The van der Waals surface area contributed by atoms with Crippen LogP contribution in [-0.2, 0) is 0 Å². The van der Waals surface area contributed by atoms with Crippen molar-refractivity contribution in [3.8, 4) is 46.5 Å². The first-order chi connectivity index (χ1) is 16.4. The number of nitrogens with zero attached hydrogens (tertiary/aromatic N) is 4. The second-order valence-corrected chi connectivity index (χ2v) is 8.80. The summed E-state index contributed by atoms with van der Waals surface area (Å²) < 4.78 is 0. The van der Waals surface area contributed by atoms with Gasteiger partial charge in [-0.25, -0.2) is 0 Å². The number of rotatable bonds is 0. The van der Waals surface area contributed by atoms with Gasteiger partial charge < -0.3 is 0 Å². The Balaban J connectivity index is 2.05. The van der Waals surface area contributed by atoms with Crippen LogP contribution in [0, 0.1) is 73.0 Å². The molecular weight excluding hydrogens is 416 g/mol. The monoisotopic (exact) mass is 434 g/mol. The molecule has 5 rings (SSSR count). The highest BCUT2D eigenvalue weighted by Crippen LogP contribution is 2.57. The van der Waals surface area contributed by atoms with Gasteiger partial charge in [0.25, 0.3) is 0 Å². The van der Waals surface area contributed by atoms with Gasteiger partial charge in [0, 0.05) is 11.1 Å². The smallest absolute Gasteiger partial charge is 0.138 e. The minimum Gasteiger partial charge on any atom is -0.192 e. The lowest BCUT2D eigenvalue weighted by atomic mass is 9.84. The van der Waals surface area contributed by atoms with E-state index in [4.69, 9.17) is 0 Å². The SMILES string of the molecule is Cc1ccc2c(c1)C(=C(C#N)C#N)c1c(C)c3c(c(C)c1-2)C(=C(C#N)C#N)c1cc(C)ccc1-3. The Labute approximate surface area is 198 Å². The third kappa shape index (κ3) is 2.55. The molecule has 0 saturated carbocycles. The van der Waals surface area contributed by atoms with Crippen molar-refractivity contribution in [1.82, 2.24) is 0 Å². The van der Waals surface area contributed by atoms with Crippen LogP contribution in [0.2, 0.25) is 0 Å². The van der Waals surface area contributed by atoms with Gasteiger partial charge in [-0.05, 0) is 83.3 Å². The van der Waals surface area contributed by atoms with Crippen molar-refractivity contribution in [3.63, 3.8) is 0 Å². The standard InChI is InChI=1S/C30H18N4/c1-15-5-7-21-23(9-15)29(19(11-31)12-32)27-18(4)26-22-8-6-16(2)10-24(22)30(20(13-33)14-34)28(26)17(3)25(21)27/h5-10H,1-4H3.